The van der Waals surface area contributed by atoms with Crippen LogP contribution in [0.1, 0.15) is 5.56 Å². The third kappa shape index (κ3) is 2.75. The number of aliphatic hydroxyl groups is 1. The molecule has 17 heavy (non-hydrogen) atoms. The molecule has 0 spiro atoms. The number of hydrogen-bond acceptors (Lipinski definition) is 3. The Bertz CT molecular complexity index is 523. The molecule has 1 atom stereocenters. The minimum atomic E-state index is -1.11. The van der Waals surface area contributed by atoms with E-state index >= 15 is 0 Å². The largest absolute Gasteiger partial charge is 0.465 e. The molecule has 1 unspecified atom stereocenters. The summed E-state index contributed by atoms with van der Waals surface area (Å²) in [6.07, 6.45) is -0.601. The summed E-state index contributed by atoms with van der Waals surface area (Å²) in [6.45, 7) is -0.198. The predicted molar refractivity (Wildman–Crippen MR) is 67.6 cm³/mol. The third-order valence-electron chi connectivity index (χ3n) is 2.58. The van der Waals surface area contributed by atoms with E-state index in [9.17, 15) is 4.79 Å². The van der Waals surface area contributed by atoms with E-state index in [1.807, 2.05) is 29.6 Å². The van der Waals surface area contributed by atoms with Crippen molar-refractivity contribution in [1.82, 2.24) is 5.32 Å². The van der Waals surface area contributed by atoms with Crippen LogP contribution in [0.5, 0.6) is 0 Å². The topological polar surface area (TPSA) is 69.6 Å². The van der Waals surface area contributed by atoms with Gasteiger partial charge in [-0.3, -0.25) is 0 Å². The van der Waals surface area contributed by atoms with Gasteiger partial charge in [-0.2, -0.15) is 0 Å². The van der Waals surface area contributed by atoms with Crippen LogP contribution in [0, 0.1) is 0 Å². The van der Waals surface area contributed by atoms with Crippen LogP contribution in [0.15, 0.2) is 29.6 Å². The van der Waals surface area contributed by atoms with Crippen LogP contribution >= 0.6 is 11.3 Å². The van der Waals surface area contributed by atoms with Gasteiger partial charge in [-0.25, -0.2) is 4.79 Å². The summed E-state index contributed by atoms with van der Waals surface area (Å²) >= 11 is 1.63. The molecule has 0 bridgehead atoms. The van der Waals surface area contributed by atoms with Gasteiger partial charge in [-0.05, 0) is 28.8 Å². The number of carboxylic acid groups (broad SMARTS) is 1. The molecule has 0 saturated carbocycles. The number of hydrogen-bond donors (Lipinski definition) is 3. The molecule has 90 valence electrons. The van der Waals surface area contributed by atoms with Crippen molar-refractivity contribution in [1.29, 1.82) is 0 Å². The first-order valence-electron chi connectivity index (χ1n) is 5.26. The zero-order valence-corrected chi connectivity index (χ0v) is 9.91. The Morgan fingerprint density at radius 3 is 2.88 bits per heavy atom. The molecule has 0 aliphatic heterocycles. The standard InChI is InChI=1S/C12H13NO3S/c14-6-9(13-12(15)16)5-8-7-17-11-4-2-1-3-10(8)11/h1-4,7,9,13-14H,5-6H2,(H,15,16). The third-order valence-corrected chi connectivity index (χ3v) is 3.59. The minimum absolute atomic E-state index is 0.198. The number of aliphatic hydroxyl groups excluding tert-OH is 1. The number of carbonyl (C=O) groups is 1. The highest BCUT2D eigenvalue weighted by atomic mass is 32.1. The SMILES string of the molecule is O=C(O)NC(CO)Cc1csc2ccccc12. The molecule has 2 rings (SSSR count). The van der Waals surface area contributed by atoms with Crippen LogP contribution in [-0.4, -0.2) is 29.0 Å². The summed E-state index contributed by atoms with van der Waals surface area (Å²) in [6, 6.07) is 7.52. The number of nitrogens with one attached hydrogen (secondary N) is 1. The van der Waals surface area contributed by atoms with Crippen LogP contribution in [0.3, 0.4) is 0 Å². The fourth-order valence-electron chi connectivity index (χ4n) is 1.79. The van der Waals surface area contributed by atoms with Crippen LogP contribution in [0.25, 0.3) is 10.1 Å². The van der Waals surface area contributed by atoms with Gasteiger partial charge in [0, 0.05) is 4.70 Å². The predicted octanol–water partition coefficient (Wildman–Crippen LogP) is 2.07. The van der Waals surface area contributed by atoms with Crippen molar-refractivity contribution in [2.45, 2.75) is 12.5 Å². The maximum atomic E-state index is 10.5. The smallest absolute Gasteiger partial charge is 0.404 e. The van der Waals surface area contributed by atoms with Crippen molar-refractivity contribution >= 4 is 27.5 Å². The Hall–Kier alpha value is -1.59. The lowest BCUT2D eigenvalue weighted by Gasteiger charge is -2.13. The van der Waals surface area contributed by atoms with Gasteiger partial charge in [0.2, 0.25) is 0 Å². The molecular formula is C12H13NO3S. The fourth-order valence-corrected chi connectivity index (χ4v) is 2.77. The highest BCUT2D eigenvalue weighted by Crippen LogP contribution is 2.26. The number of amides is 1. The molecule has 2 aromatic rings. The van der Waals surface area contributed by atoms with E-state index in [1.54, 1.807) is 11.3 Å². The Balaban J connectivity index is 2.19. The average Bonchev–Trinajstić information content (AvgIpc) is 2.71. The lowest BCUT2D eigenvalue weighted by Crippen LogP contribution is -2.38. The normalized spacial score (nSPS) is 12.5. The van der Waals surface area contributed by atoms with E-state index in [1.165, 1.54) is 4.70 Å². The summed E-state index contributed by atoms with van der Waals surface area (Å²) in [7, 11) is 0. The minimum Gasteiger partial charge on any atom is -0.465 e. The lowest BCUT2D eigenvalue weighted by molar-refractivity contribution is 0.177. The Morgan fingerprint density at radius 1 is 1.41 bits per heavy atom. The van der Waals surface area contributed by atoms with Crippen LogP contribution in [-0.2, 0) is 6.42 Å². The summed E-state index contributed by atoms with van der Waals surface area (Å²) in [5.41, 5.74) is 1.07. The number of fused-ring (bicyclic) bond motifs is 1. The van der Waals surface area contributed by atoms with Gasteiger partial charge < -0.3 is 15.5 Å². The first-order chi connectivity index (χ1) is 8.20. The summed E-state index contributed by atoms with van der Waals surface area (Å²) in [5.74, 6) is 0. The van der Waals surface area contributed by atoms with Gasteiger partial charge in [0.05, 0.1) is 12.6 Å². The second kappa shape index (κ2) is 5.16. The molecule has 0 aliphatic carbocycles. The summed E-state index contributed by atoms with van der Waals surface area (Å²) in [5, 5.41) is 23.2. The van der Waals surface area contributed by atoms with E-state index < -0.39 is 12.1 Å². The zero-order chi connectivity index (χ0) is 12.3. The monoisotopic (exact) mass is 251 g/mol. The molecule has 1 aromatic carbocycles. The quantitative estimate of drug-likeness (QED) is 0.779. The molecule has 5 heteroatoms. The van der Waals surface area contributed by atoms with Crippen LogP contribution in [0.2, 0.25) is 0 Å². The Kier molecular flexibility index (Phi) is 3.61. The molecule has 1 aromatic heterocycles. The van der Waals surface area contributed by atoms with E-state index in [2.05, 4.69) is 5.32 Å². The van der Waals surface area contributed by atoms with Crippen molar-refractivity contribution in [3.05, 3.63) is 35.2 Å². The molecule has 0 aliphatic rings. The van der Waals surface area contributed by atoms with E-state index in [-0.39, 0.29) is 6.61 Å². The number of benzene rings is 1. The maximum absolute atomic E-state index is 10.5. The molecular weight excluding hydrogens is 238 g/mol. The summed E-state index contributed by atoms with van der Waals surface area (Å²) < 4.78 is 1.18. The second-order valence-corrected chi connectivity index (χ2v) is 4.70. The average molecular weight is 251 g/mol. The molecule has 4 nitrogen and oxygen atoms in total. The van der Waals surface area contributed by atoms with Gasteiger partial charge in [0.15, 0.2) is 0 Å². The van der Waals surface area contributed by atoms with Gasteiger partial charge in [-0.15, -0.1) is 11.3 Å². The van der Waals surface area contributed by atoms with Gasteiger partial charge >= 0.3 is 6.09 Å². The molecule has 0 saturated heterocycles. The van der Waals surface area contributed by atoms with Gasteiger partial charge in [0.1, 0.15) is 0 Å². The first-order valence-corrected chi connectivity index (χ1v) is 6.14. The molecule has 3 N–H and O–H groups in total. The van der Waals surface area contributed by atoms with Gasteiger partial charge in [0.25, 0.3) is 0 Å². The van der Waals surface area contributed by atoms with E-state index in [0.29, 0.717) is 6.42 Å². The van der Waals surface area contributed by atoms with Crippen molar-refractivity contribution in [2.24, 2.45) is 0 Å². The van der Waals surface area contributed by atoms with E-state index in [4.69, 9.17) is 10.2 Å². The zero-order valence-electron chi connectivity index (χ0n) is 9.09. The fraction of sp³-hybridized carbons (Fsp3) is 0.250. The highest BCUT2D eigenvalue weighted by Gasteiger charge is 2.13. The number of thiophene rings is 1. The van der Waals surface area contributed by atoms with Crippen LogP contribution < -0.4 is 5.32 Å². The van der Waals surface area contributed by atoms with Gasteiger partial charge in [-0.1, -0.05) is 18.2 Å². The lowest BCUT2D eigenvalue weighted by atomic mass is 10.1. The van der Waals surface area contributed by atoms with E-state index in [0.717, 1.165) is 10.9 Å². The second-order valence-electron chi connectivity index (χ2n) is 3.79. The maximum Gasteiger partial charge on any atom is 0.404 e. The summed E-state index contributed by atoms with van der Waals surface area (Å²) in [4.78, 5) is 10.5. The van der Waals surface area contributed by atoms with Crippen molar-refractivity contribution in [3.63, 3.8) is 0 Å². The highest BCUT2D eigenvalue weighted by molar-refractivity contribution is 7.17. The molecule has 1 amide bonds. The number of rotatable bonds is 4. The Labute approximate surface area is 103 Å². The molecule has 0 radical (unpaired) electrons. The molecule has 1 heterocycles. The van der Waals surface area contributed by atoms with Crippen molar-refractivity contribution < 1.29 is 15.0 Å². The molecule has 0 fully saturated rings. The Morgan fingerprint density at radius 2 is 2.18 bits per heavy atom. The van der Waals surface area contributed by atoms with Crippen LogP contribution in [0.4, 0.5) is 4.79 Å². The van der Waals surface area contributed by atoms with Crippen molar-refractivity contribution in [3.8, 4) is 0 Å². The first kappa shape index (κ1) is 11.9. The van der Waals surface area contributed by atoms with Crippen molar-refractivity contribution in [2.75, 3.05) is 6.61 Å².